The topological polar surface area (TPSA) is 119 Å². The number of carbonyl (C=O) groups excluding carboxylic acids is 3. The molecular formula is C20H19N3O6S. The summed E-state index contributed by atoms with van der Waals surface area (Å²) in [6.07, 6.45) is 3.05. The molecule has 1 saturated heterocycles. The van der Waals surface area contributed by atoms with E-state index in [1.165, 1.54) is 30.0 Å². The van der Waals surface area contributed by atoms with Crippen LogP contribution in [0.5, 0.6) is 0 Å². The van der Waals surface area contributed by atoms with E-state index in [2.05, 4.69) is 5.32 Å². The maximum absolute atomic E-state index is 12.3. The average molecular weight is 429 g/mol. The first kappa shape index (κ1) is 21.3. The molecule has 1 N–H and O–H groups in total. The van der Waals surface area contributed by atoms with Crippen LogP contribution >= 0.6 is 11.8 Å². The van der Waals surface area contributed by atoms with Crippen molar-refractivity contribution in [3.8, 4) is 0 Å². The molecule has 30 heavy (non-hydrogen) atoms. The first-order chi connectivity index (χ1) is 14.4. The third-order valence-electron chi connectivity index (χ3n) is 4.47. The summed E-state index contributed by atoms with van der Waals surface area (Å²) in [5.74, 6) is -1.53. The number of rotatable bonds is 7. The Morgan fingerprint density at radius 2 is 2.07 bits per heavy atom. The van der Waals surface area contributed by atoms with Crippen LogP contribution in [-0.4, -0.2) is 42.1 Å². The lowest BCUT2D eigenvalue weighted by atomic mass is 10.2. The van der Waals surface area contributed by atoms with E-state index in [-0.39, 0.29) is 17.2 Å². The number of thioether (sulfide) groups is 1. The first-order valence-electron chi connectivity index (χ1n) is 9.09. The van der Waals surface area contributed by atoms with Gasteiger partial charge >= 0.3 is 5.97 Å². The van der Waals surface area contributed by atoms with Gasteiger partial charge in [0, 0.05) is 35.3 Å². The number of hydrogen-bond acceptors (Lipinski definition) is 7. The minimum absolute atomic E-state index is 0.0291. The summed E-state index contributed by atoms with van der Waals surface area (Å²) in [4.78, 5) is 49.1. The zero-order valence-electron chi connectivity index (χ0n) is 16.1. The van der Waals surface area contributed by atoms with Gasteiger partial charge in [-0.15, -0.1) is 11.8 Å². The number of amides is 2. The second-order valence-electron chi connectivity index (χ2n) is 6.46. The fraction of sp³-hybridized carbons (Fsp3) is 0.250. The van der Waals surface area contributed by atoms with Gasteiger partial charge in [-0.25, -0.2) is 4.79 Å². The van der Waals surface area contributed by atoms with Gasteiger partial charge in [0.15, 0.2) is 6.61 Å². The van der Waals surface area contributed by atoms with Crippen LogP contribution in [0.4, 0.5) is 17.1 Å². The Kier molecular flexibility index (Phi) is 6.68. The van der Waals surface area contributed by atoms with Crippen molar-refractivity contribution in [1.29, 1.82) is 0 Å². The summed E-state index contributed by atoms with van der Waals surface area (Å²) in [5, 5.41) is 13.7. The average Bonchev–Trinajstić information content (AvgIpc) is 3.17. The van der Waals surface area contributed by atoms with Gasteiger partial charge in [-0.2, -0.15) is 0 Å². The van der Waals surface area contributed by atoms with Crippen LogP contribution in [0, 0.1) is 10.1 Å². The molecule has 1 fully saturated rings. The number of esters is 1. The van der Waals surface area contributed by atoms with Crippen molar-refractivity contribution in [2.24, 2.45) is 0 Å². The highest BCUT2D eigenvalue weighted by Crippen LogP contribution is 2.26. The lowest BCUT2D eigenvalue weighted by Crippen LogP contribution is -2.24. The first-order valence-corrected chi connectivity index (χ1v) is 10.3. The molecule has 3 rings (SSSR count). The van der Waals surface area contributed by atoms with Crippen LogP contribution in [0.1, 0.15) is 23.2 Å². The Morgan fingerprint density at radius 1 is 1.27 bits per heavy atom. The summed E-state index contributed by atoms with van der Waals surface area (Å²) >= 11 is 1.32. The largest absolute Gasteiger partial charge is 0.452 e. The monoisotopic (exact) mass is 429 g/mol. The predicted molar refractivity (Wildman–Crippen MR) is 112 cm³/mol. The van der Waals surface area contributed by atoms with E-state index in [9.17, 15) is 24.5 Å². The molecule has 0 spiro atoms. The van der Waals surface area contributed by atoms with Crippen molar-refractivity contribution in [2.45, 2.75) is 17.7 Å². The minimum Gasteiger partial charge on any atom is -0.452 e. The number of nitrogens with one attached hydrogen (secondary N) is 1. The Hall–Kier alpha value is -3.40. The zero-order chi connectivity index (χ0) is 21.7. The molecule has 156 valence electrons. The number of nitro groups is 1. The molecule has 10 heteroatoms. The second-order valence-corrected chi connectivity index (χ2v) is 7.34. The molecule has 0 aromatic heterocycles. The maximum atomic E-state index is 12.3. The number of nitrogens with zero attached hydrogens (tertiary/aromatic N) is 2. The highest BCUT2D eigenvalue weighted by atomic mass is 32.2. The number of carbonyl (C=O) groups is 3. The van der Waals surface area contributed by atoms with Gasteiger partial charge in [0.2, 0.25) is 5.91 Å². The van der Waals surface area contributed by atoms with E-state index in [0.717, 1.165) is 6.42 Å². The van der Waals surface area contributed by atoms with E-state index in [1.54, 1.807) is 35.4 Å². The highest BCUT2D eigenvalue weighted by Gasteiger charge is 2.23. The molecule has 9 nitrogen and oxygen atoms in total. The number of anilines is 2. The lowest BCUT2D eigenvalue weighted by molar-refractivity contribution is -0.385. The van der Waals surface area contributed by atoms with Gasteiger partial charge in [0.25, 0.3) is 11.6 Å². The summed E-state index contributed by atoms with van der Waals surface area (Å²) < 4.78 is 4.97. The van der Waals surface area contributed by atoms with E-state index in [1.807, 2.05) is 0 Å². The molecule has 0 radical (unpaired) electrons. The van der Waals surface area contributed by atoms with Crippen LogP contribution in [0.15, 0.2) is 47.4 Å². The molecule has 0 saturated carbocycles. The van der Waals surface area contributed by atoms with Crippen molar-refractivity contribution in [3.63, 3.8) is 0 Å². The van der Waals surface area contributed by atoms with Gasteiger partial charge in [-0.3, -0.25) is 19.7 Å². The lowest BCUT2D eigenvalue weighted by Gasteiger charge is -2.16. The molecule has 1 aliphatic heterocycles. The summed E-state index contributed by atoms with van der Waals surface area (Å²) in [5.41, 5.74) is 0.524. The van der Waals surface area contributed by atoms with Crippen LogP contribution < -0.4 is 10.2 Å². The van der Waals surface area contributed by atoms with Crippen LogP contribution in [-0.2, 0) is 14.3 Å². The second kappa shape index (κ2) is 9.40. The van der Waals surface area contributed by atoms with Crippen molar-refractivity contribution >= 4 is 46.6 Å². The van der Waals surface area contributed by atoms with Gasteiger partial charge < -0.3 is 15.0 Å². The van der Waals surface area contributed by atoms with Crippen LogP contribution in [0.3, 0.4) is 0 Å². The van der Waals surface area contributed by atoms with Crippen molar-refractivity contribution < 1.29 is 24.0 Å². The van der Waals surface area contributed by atoms with Crippen molar-refractivity contribution in [2.75, 3.05) is 29.6 Å². The van der Waals surface area contributed by atoms with E-state index in [0.29, 0.717) is 29.2 Å². The predicted octanol–water partition coefficient (Wildman–Crippen LogP) is 3.24. The Bertz CT molecular complexity index is 1010. The van der Waals surface area contributed by atoms with E-state index < -0.39 is 23.4 Å². The SMILES string of the molecule is CSc1ccc([N+](=O)[O-])c(C(=O)OCC(=O)Nc2cccc(N3CCCC3=O)c2)c1. The van der Waals surface area contributed by atoms with Gasteiger partial charge in [-0.05, 0) is 43.0 Å². The molecule has 0 atom stereocenters. The van der Waals surface area contributed by atoms with Gasteiger partial charge in [-0.1, -0.05) is 6.07 Å². The third-order valence-corrected chi connectivity index (χ3v) is 5.20. The smallest absolute Gasteiger partial charge is 0.345 e. The fourth-order valence-electron chi connectivity index (χ4n) is 3.04. The fourth-order valence-corrected chi connectivity index (χ4v) is 3.48. The molecule has 0 aliphatic carbocycles. The van der Waals surface area contributed by atoms with Crippen molar-refractivity contribution in [3.05, 3.63) is 58.1 Å². The molecule has 1 heterocycles. The van der Waals surface area contributed by atoms with Crippen LogP contribution in [0.25, 0.3) is 0 Å². The Balaban J connectivity index is 1.63. The number of ether oxygens (including phenoxy) is 1. The third kappa shape index (κ3) is 4.95. The highest BCUT2D eigenvalue weighted by molar-refractivity contribution is 7.98. The normalized spacial score (nSPS) is 13.2. The zero-order valence-corrected chi connectivity index (χ0v) is 16.9. The van der Waals surface area contributed by atoms with E-state index >= 15 is 0 Å². The molecule has 0 bridgehead atoms. The van der Waals surface area contributed by atoms with Gasteiger partial charge in [0.1, 0.15) is 5.56 Å². The molecule has 2 aromatic rings. The quantitative estimate of drug-likeness (QED) is 0.311. The Morgan fingerprint density at radius 3 is 2.73 bits per heavy atom. The minimum atomic E-state index is -0.954. The molecule has 2 amide bonds. The van der Waals surface area contributed by atoms with E-state index in [4.69, 9.17) is 4.74 Å². The molecular weight excluding hydrogens is 410 g/mol. The summed E-state index contributed by atoms with van der Waals surface area (Å²) in [7, 11) is 0. The summed E-state index contributed by atoms with van der Waals surface area (Å²) in [6, 6.07) is 10.9. The van der Waals surface area contributed by atoms with Gasteiger partial charge in [0.05, 0.1) is 4.92 Å². The number of nitro benzene ring substituents is 1. The standard InChI is InChI=1S/C20H19N3O6S/c1-30-15-7-8-17(23(27)28)16(11-15)20(26)29-12-18(24)21-13-4-2-5-14(10-13)22-9-3-6-19(22)25/h2,4-5,7-8,10-11H,3,6,9,12H2,1H3,(H,21,24). The maximum Gasteiger partial charge on any atom is 0.345 e. The molecule has 0 unspecified atom stereocenters. The number of hydrogen-bond donors (Lipinski definition) is 1. The number of benzene rings is 2. The molecule has 2 aromatic carbocycles. The molecule has 1 aliphatic rings. The van der Waals surface area contributed by atoms with Crippen molar-refractivity contribution in [1.82, 2.24) is 0 Å². The summed E-state index contributed by atoms with van der Waals surface area (Å²) in [6.45, 7) is 0.0219. The van der Waals surface area contributed by atoms with Crippen LogP contribution in [0.2, 0.25) is 0 Å². The Labute approximate surface area is 176 Å².